The van der Waals surface area contributed by atoms with E-state index in [1.54, 1.807) is 0 Å². The first-order chi connectivity index (χ1) is 26.9. The van der Waals surface area contributed by atoms with Gasteiger partial charge in [-0.3, -0.25) is 0 Å². The van der Waals surface area contributed by atoms with Crippen molar-refractivity contribution in [3.05, 3.63) is 221 Å². The van der Waals surface area contributed by atoms with E-state index >= 15 is 4.57 Å². The predicted octanol–water partition coefficient (Wildman–Crippen LogP) is 12.4. The molecule has 0 saturated heterocycles. The van der Waals surface area contributed by atoms with Crippen molar-refractivity contribution in [2.75, 3.05) is 0 Å². The Morgan fingerprint density at radius 3 is 1.55 bits per heavy atom. The largest absolute Gasteiger partial charge is 0.309 e. The Bertz CT molecular complexity index is 2930. The van der Waals surface area contributed by atoms with Crippen LogP contribution in [-0.2, 0) is 15.4 Å². The minimum Gasteiger partial charge on any atom is -0.309 e. The van der Waals surface area contributed by atoms with Crippen LogP contribution in [0.15, 0.2) is 188 Å². The summed E-state index contributed by atoms with van der Waals surface area (Å²) >= 11 is 1.89. The van der Waals surface area contributed by atoms with Crippen molar-refractivity contribution in [2.24, 2.45) is 0 Å². The molecule has 262 valence electrons. The summed E-state index contributed by atoms with van der Waals surface area (Å²) in [7, 11) is -3.31. The zero-order valence-electron chi connectivity index (χ0n) is 30.7. The lowest BCUT2D eigenvalue weighted by atomic mass is 9.65. The van der Waals surface area contributed by atoms with Gasteiger partial charge in [0.15, 0.2) is 7.14 Å². The van der Waals surface area contributed by atoms with E-state index in [2.05, 4.69) is 141 Å². The summed E-state index contributed by atoms with van der Waals surface area (Å²) in [6, 6.07) is 67.5. The van der Waals surface area contributed by atoms with Gasteiger partial charge in [0.1, 0.15) is 0 Å². The summed E-state index contributed by atoms with van der Waals surface area (Å²) in [5.41, 5.74) is 11.6. The van der Waals surface area contributed by atoms with E-state index in [0.717, 1.165) is 15.9 Å². The quantitative estimate of drug-likeness (QED) is 0.155. The molecule has 0 amide bonds. The second kappa shape index (κ2) is 11.9. The highest BCUT2D eigenvalue weighted by atomic mass is 32.1. The Hall–Kier alpha value is -5.79. The molecule has 0 saturated carbocycles. The Labute approximate surface area is 326 Å². The summed E-state index contributed by atoms with van der Waals surface area (Å²) in [5, 5.41) is 5.19. The molecule has 0 N–H and O–H groups in total. The Balaban J connectivity index is 1.28. The standard InChI is InChI=1S/C52H37OPS/c1-51(2)43-30-34(40-27-17-28-42-41-26-15-16-29-47(41)55-50(40)42)31-45-48(43)49-44(51)32-39(54(53,37-22-11-5-12-23-37)38-24-13-6-14-25-38)33-46(49)52(45,35-18-7-3-8-19-35)36-20-9-4-10-21-36/h3-33H,1-2H3. The summed E-state index contributed by atoms with van der Waals surface area (Å²) in [6.07, 6.45) is 0. The number of fused-ring (bicyclic) bond motifs is 3. The lowest BCUT2D eigenvalue weighted by molar-refractivity contribution is 0.592. The first-order valence-electron chi connectivity index (χ1n) is 19.0. The van der Waals surface area contributed by atoms with E-state index in [4.69, 9.17) is 0 Å². The molecule has 0 radical (unpaired) electrons. The molecular formula is C52H37OPS. The van der Waals surface area contributed by atoms with Crippen LogP contribution in [0.25, 0.3) is 42.4 Å². The molecule has 1 aromatic heterocycles. The minimum absolute atomic E-state index is 0.341. The normalized spacial score (nSPS) is 14.7. The predicted molar refractivity (Wildman–Crippen MR) is 234 cm³/mol. The van der Waals surface area contributed by atoms with Crippen LogP contribution in [0.3, 0.4) is 0 Å². The van der Waals surface area contributed by atoms with Crippen LogP contribution in [0, 0.1) is 0 Å². The van der Waals surface area contributed by atoms with Crippen LogP contribution < -0.4 is 15.9 Å². The van der Waals surface area contributed by atoms with Crippen LogP contribution in [0.5, 0.6) is 0 Å². The van der Waals surface area contributed by atoms with E-state index in [9.17, 15) is 0 Å². The molecule has 0 spiro atoms. The molecule has 1 heterocycles. The summed E-state index contributed by atoms with van der Waals surface area (Å²) < 4.78 is 18.9. The maximum absolute atomic E-state index is 16.2. The molecule has 8 aromatic carbocycles. The summed E-state index contributed by atoms with van der Waals surface area (Å²) in [6.45, 7) is 4.74. The first kappa shape index (κ1) is 32.6. The lowest BCUT2D eigenvalue weighted by Gasteiger charge is -2.37. The van der Waals surface area contributed by atoms with Crippen molar-refractivity contribution in [3.63, 3.8) is 0 Å². The molecule has 0 atom stereocenters. The molecule has 2 aliphatic carbocycles. The van der Waals surface area contributed by atoms with E-state index < -0.39 is 12.6 Å². The third kappa shape index (κ3) is 4.39. The molecule has 0 unspecified atom stereocenters. The van der Waals surface area contributed by atoms with Crippen molar-refractivity contribution in [3.8, 4) is 22.3 Å². The highest BCUT2D eigenvalue weighted by molar-refractivity contribution is 7.85. The van der Waals surface area contributed by atoms with Gasteiger partial charge in [0.2, 0.25) is 0 Å². The van der Waals surface area contributed by atoms with E-state index in [0.29, 0.717) is 0 Å². The fourth-order valence-corrected chi connectivity index (χ4v) is 13.8. The topological polar surface area (TPSA) is 17.1 Å². The van der Waals surface area contributed by atoms with Gasteiger partial charge in [-0.1, -0.05) is 172 Å². The third-order valence-corrected chi connectivity index (χ3v) is 16.7. The smallest absolute Gasteiger partial charge is 0.171 e. The number of rotatable bonds is 6. The van der Waals surface area contributed by atoms with Gasteiger partial charge in [-0.05, 0) is 86.0 Å². The van der Waals surface area contributed by atoms with Crippen LogP contribution in [0.1, 0.15) is 47.2 Å². The molecular weight excluding hydrogens is 704 g/mol. The number of hydrogen-bond acceptors (Lipinski definition) is 2. The first-order valence-corrected chi connectivity index (χ1v) is 21.6. The highest BCUT2D eigenvalue weighted by Gasteiger charge is 2.54. The average Bonchev–Trinajstić information content (AvgIpc) is 3.85. The van der Waals surface area contributed by atoms with Gasteiger partial charge in [0, 0.05) is 41.5 Å². The third-order valence-electron chi connectivity index (χ3n) is 12.4. The number of hydrogen-bond donors (Lipinski definition) is 0. The number of benzene rings is 8. The van der Waals surface area contributed by atoms with Gasteiger partial charge in [-0.25, -0.2) is 0 Å². The Morgan fingerprint density at radius 1 is 0.455 bits per heavy atom. The molecule has 3 heteroatoms. The van der Waals surface area contributed by atoms with E-state index in [1.165, 1.54) is 75.8 Å². The second-order valence-electron chi connectivity index (χ2n) is 15.5. The molecule has 55 heavy (non-hydrogen) atoms. The van der Waals surface area contributed by atoms with Crippen molar-refractivity contribution in [1.82, 2.24) is 0 Å². The zero-order valence-corrected chi connectivity index (χ0v) is 32.4. The van der Waals surface area contributed by atoms with Crippen molar-refractivity contribution in [2.45, 2.75) is 24.7 Å². The van der Waals surface area contributed by atoms with E-state index in [-0.39, 0.29) is 5.41 Å². The molecule has 2 aliphatic rings. The summed E-state index contributed by atoms with van der Waals surface area (Å²) in [5.74, 6) is 0. The van der Waals surface area contributed by atoms with Gasteiger partial charge in [0.05, 0.1) is 5.41 Å². The van der Waals surface area contributed by atoms with Crippen LogP contribution in [-0.4, -0.2) is 0 Å². The number of thiophene rings is 1. The van der Waals surface area contributed by atoms with Crippen LogP contribution in [0.2, 0.25) is 0 Å². The zero-order chi connectivity index (χ0) is 36.9. The van der Waals surface area contributed by atoms with Gasteiger partial charge >= 0.3 is 0 Å². The Morgan fingerprint density at radius 2 is 0.927 bits per heavy atom. The molecule has 0 bridgehead atoms. The van der Waals surface area contributed by atoms with Crippen LogP contribution in [0.4, 0.5) is 0 Å². The SMILES string of the molecule is CC1(C)c2cc(-c3cccc4c3sc3ccccc34)cc3c2-c2c1cc(P(=O)(c1ccccc1)c1ccccc1)cc2C3(c1ccccc1)c1ccccc1. The molecule has 11 rings (SSSR count). The van der Waals surface area contributed by atoms with Crippen molar-refractivity contribution >= 4 is 54.6 Å². The van der Waals surface area contributed by atoms with Crippen molar-refractivity contribution < 1.29 is 4.57 Å². The van der Waals surface area contributed by atoms with Gasteiger partial charge in [-0.2, -0.15) is 0 Å². The van der Waals surface area contributed by atoms with Crippen molar-refractivity contribution in [1.29, 1.82) is 0 Å². The highest BCUT2D eigenvalue weighted by Crippen LogP contribution is 2.65. The minimum atomic E-state index is -3.31. The van der Waals surface area contributed by atoms with Gasteiger partial charge in [-0.15, -0.1) is 11.3 Å². The molecule has 9 aromatic rings. The van der Waals surface area contributed by atoms with Gasteiger partial charge < -0.3 is 4.57 Å². The van der Waals surface area contributed by atoms with Gasteiger partial charge in [0.25, 0.3) is 0 Å². The summed E-state index contributed by atoms with van der Waals surface area (Å²) in [4.78, 5) is 0. The lowest BCUT2D eigenvalue weighted by Crippen LogP contribution is -2.33. The Kier molecular flexibility index (Phi) is 7.03. The monoisotopic (exact) mass is 740 g/mol. The second-order valence-corrected chi connectivity index (χ2v) is 19.4. The average molecular weight is 741 g/mol. The van der Waals surface area contributed by atoms with Crippen LogP contribution >= 0.6 is 18.5 Å². The maximum Gasteiger partial charge on any atom is 0.171 e. The maximum atomic E-state index is 16.2. The molecule has 1 nitrogen and oxygen atoms in total. The fourth-order valence-electron chi connectivity index (χ4n) is 9.87. The fraction of sp³-hybridized carbons (Fsp3) is 0.0769. The van der Waals surface area contributed by atoms with E-state index in [1.807, 2.05) is 72.0 Å². The molecule has 0 aliphatic heterocycles. The molecule has 0 fully saturated rings.